The van der Waals surface area contributed by atoms with Gasteiger partial charge in [-0.05, 0) is 54.6 Å². The first-order valence-electron chi connectivity index (χ1n) is 8.35. The number of rotatable bonds is 6. The van der Waals surface area contributed by atoms with E-state index in [1.54, 1.807) is 18.2 Å². The van der Waals surface area contributed by atoms with E-state index in [1.165, 1.54) is 42.5 Å². The molecule has 0 aliphatic heterocycles. The van der Waals surface area contributed by atoms with Crippen molar-refractivity contribution >= 4 is 50.5 Å². The molecule has 0 aliphatic carbocycles. The monoisotopic (exact) mass is 452 g/mol. The average Bonchev–Trinajstić information content (AvgIpc) is 2.67. The zero-order valence-electron chi connectivity index (χ0n) is 14.8. The molecule has 0 saturated carbocycles. The smallest absolute Gasteiger partial charge is 0.264 e. The van der Waals surface area contributed by atoms with E-state index in [2.05, 4.69) is 5.32 Å². The maximum Gasteiger partial charge on any atom is 0.264 e. The number of nitrogens with zero attached hydrogens (tertiary/aromatic N) is 1. The third-order valence-electron chi connectivity index (χ3n) is 3.88. The van der Waals surface area contributed by atoms with Crippen LogP contribution in [0.4, 0.5) is 15.8 Å². The van der Waals surface area contributed by atoms with Crippen LogP contribution in [0.15, 0.2) is 77.7 Å². The molecule has 0 fully saturated rings. The topological polar surface area (TPSA) is 66.5 Å². The fourth-order valence-corrected chi connectivity index (χ4v) is 4.57. The number of amides is 1. The Kier molecular flexibility index (Phi) is 6.42. The van der Waals surface area contributed by atoms with E-state index < -0.39 is 28.3 Å². The van der Waals surface area contributed by atoms with Gasteiger partial charge in [0.2, 0.25) is 5.91 Å². The molecule has 150 valence electrons. The standard InChI is InChI=1S/C20H15Cl2FN2O3S/c21-14-10-15(22)12-17(11-14)24-20(26)13-25(18-8-6-16(23)7-9-18)29(27,28)19-4-2-1-3-5-19/h1-12H,13H2,(H,24,26). The van der Waals surface area contributed by atoms with Gasteiger partial charge in [-0.1, -0.05) is 41.4 Å². The third-order valence-corrected chi connectivity index (χ3v) is 6.10. The predicted octanol–water partition coefficient (Wildman–Crippen LogP) is 4.97. The molecule has 3 aromatic rings. The summed E-state index contributed by atoms with van der Waals surface area (Å²) in [6.07, 6.45) is 0. The molecule has 9 heteroatoms. The van der Waals surface area contributed by atoms with Crippen molar-refractivity contribution in [3.63, 3.8) is 0 Å². The number of hydrogen-bond acceptors (Lipinski definition) is 3. The average molecular weight is 453 g/mol. The van der Waals surface area contributed by atoms with Crippen LogP contribution >= 0.6 is 23.2 Å². The van der Waals surface area contributed by atoms with Crippen LogP contribution in [0.25, 0.3) is 0 Å². The van der Waals surface area contributed by atoms with Gasteiger partial charge in [-0.2, -0.15) is 0 Å². The summed E-state index contributed by atoms with van der Waals surface area (Å²) in [5.41, 5.74) is 0.471. The summed E-state index contributed by atoms with van der Waals surface area (Å²) < 4.78 is 40.5. The van der Waals surface area contributed by atoms with Gasteiger partial charge < -0.3 is 5.32 Å². The van der Waals surface area contributed by atoms with E-state index >= 15 is 0 Å². The summed E-state index contributed by atoms with van der Waals surface area (Å²) in [5.74, 6) is -1.14. The van der Waals surface area contributed by atoms with Crippen molar-refractivity contribution in [1.29, 1.82) is 0 Å². The molecule has 3 rings (SSSR count). The minimum Gasteiger partial charge on any atom is -0.324 e. The van der Waals surface area contributed by atoms with Gasteiger partial charge in [0, 0.05) is 15.7 Å². The first-order chi connectivity index (χ1) is 13.8. The number of anilines is 2. The van der Waals surface area contributed by atoms with E-state index in [1.807, 2.05) is 0 Å². The zero-order chi connectivity index (χ0) is 21.0. The molecule has 3 aromatic carbocycles. The lowest BCUT2D eigenvalue weighted by molar-refractivity contribution is -0.114. The molecule has 0 aromatic heterocycles. The van der Waals surface area contributed by atoms with Crippen LogP contribution in [0.3, 0.4) is 0 Å². The molecular formula is C20H15Cl2FN2O3S. The second kappa shape index (κ2) is 8.82. The summed E-state index contributed by atoms with van der Waals surface area (Å²) >= 11 is 11.9. The predicted molar refractivity (Wildman–Crippen MR) is 112 cm³/mol. The van der Waals surface area contributed by atoms with Crippen LogP contribution in [0.2, 0.25) is 10.0 Å². The fourth-order valence-electron chi connectivity index (χ4n) is 2.60. The van der Waals surface area contributed by atoms with Gasteiger partial charge in [0.25, 0.3) is 10.0 Å². The number of sulfonamides is 1. The van der Waals surface area contributed by atoms with Crippen molar-refractivity contribution in [2.24, 2.45) is 0 Å². The molecule has 0 bridgehead atoms. The van der Waals surface area contributed by atoms with Crippen molar-refractivity contribution in [2.45, 2.75) is 4.90 Å². The molecule has 0 aliphatic rings. The molecular weight excluding hydrogens is 438 g/mol. The number of nitrogens with one attached hydrogen (secondary N) is 1. The Balaban J connectivity index is 1.93. The highest BCUT2D eigenvalue weighted by Gasteiger charge is 2.27. The molecule has 1 N–H and O–H groups in total. The minimum atomic E-state index is -4.07. The Morgan fingerprint density at radius 2 is 1.52 bits per heavy atom. The third kappa shape index (κ3) is 5.26. The number of carbonyl (C=O) groups excluding carboxylic acids is 1. The fraction of sp³-hybridized carbons (Fsp3) is 0.0500. The lowest BCUT2D eigenvalue weighted by atomic mass is 10.3. The summed E-state index contributed by atoms with van der Waals surface area (Å²) in [4.78, 5) is 12.6. The Morgan fingerprint density at radius 3 is 2.10 bits per heavy atom. The van der Waals surface area contributed by atoms with E-state index in [0.29, 0.717) is 15.7 Å². The van der Waals surface area contributed by atoms with Crippen LogP contribution in [0, 0.1) is 5.82 Å². The van der Waals surface area contributed by atoms with Crippen molar-refractivity contribution < 1.29 is 17.6 Å². The Bertz CT molecular complexity index is 1100. The molecule has 0 unspecified atom stereocenters. The van der Waals surface area contributed by atoms with Gasteiger partial charge in [0.05, 0.1) is 10.6 Å². The van der Waals surface area contributed by atoms with Crippen LogP contribution in [0.1, 0.15) is 0 Å². The largest absolute Gasteiger partial charge is 0.324 e. The Hall–Kier alpha value is -2.61. The molecule has 0 radical (unpaired) electrons. The van der Waals surface area contributed by atoms with Gasteiger partial charge in [-0.15, -0.1) is 0 Å². The first kappa shape index (κ1) is 21.1. The van der Waals surface area contributed by atoms with Gasteiger partial charge in [-0.3, -0.25) is 9.10 Å². The van der Waals surface area contributed by atoms with Gasteiger partial charge >= 0.3 is 0 Å². The highest BCUT2D eigenvalue weighted by Crippen LogP contribution is 2.25. The second-order valence-corrected chi connectivity index (χ2v) is 8.74. The normalized spacial score (nSPS) is 11.1. The summed E-state index contributed by atoms with van der Waals surface area (Å²) in [6.45, 7) is -0.535. The Labute approximate surface area is 177 Å². The molecule has 0 saturated heterocycles. The second-order valence-electron chi connectivity index (χ2n) is 6.01. The number of benzene rings is 3. The zero-order valence-corrected chi connectivity index (χ0v) is 17.2. The Morgan fingerprint density at radius 1 is 0.931 bits per heavy atom. The maximum atomic E-state index is 13.3. The quantitative estimate of drug-likeness (QED) is 0.574. The summed E-state index contributed by atoms with van der Waals surface area (Å²) in [6, 6.07) is 17.0. The SMILES string of the molecule is O=C(CN(c1ccc(F)cc1)S(=O)(=O)c1ccccc1)Nc1cc(Cl)cc(Cl)c1. The van der Waals surface area contributed by atoms with E-state index in [-0.39, 0.29) is 10.6 Å². The van der Waals surface area contributed by atoms with Crippen molar-refractivity contribution in [3.05, 3.63) is 88.7 Å². The molecule has 1 amide bonds. The van der Waals surface area contributed by atoms with Crippen molar-refractivity contribution in [2.75, 3.05) is 16.2 Å². The summed E-state index contributed by atoms with van der Waals surface area (Å²) in [5, 5.41) is 3.21. The van der Waals surface area contributed by atoms with Crippen molar-refractivity contribution in [1.82, 2.24) is 0 Å². The lowest BCUT2D eigenvalue weighted by Gasteiger charge is -2.24. The highest BCUT2D eigenvalue weighted by molar-refractivity contribution is 7.92. The maximum absolute atomic E-state index is 13.3. The van der Waals surface area contributed by atoms with Crippen LogP contribution < -0.4 is 9.62 Å². The van der Waals surface area contributed by atoms with Gasteiger partial charge in [-0.25, -0.2) is 12.8 Å². The van der Waals surface area contributed by atoms with Crippen LogP contribution in [0.5, 0.6) is 0 Å². The van der Waals surface area contributed by atoms with Crippen LogP contribution in [-0.4, -0.2) is 20.9 Å². The van der Waals surface area contributed by atoms with E-state index in [4.69, 9.17) is 23.2 Å². The van der Waals surface area contributed by atoms with Gasteiger partial charge in [0.1, 0.15) is 12.4 Å². The lowest BCUT2D eigenvalue weighted by Crippen LogP contribution is -2.38. The van der Waals surface area contributed by atoms with E-state index in [9.17, 15) is 17.6 Å². The highest BCUT2D eigenvalue weighted by atomic mass is 35.5. The molecule has 29 heavy (non-hydrogen) atoms. The molecule has 0 spiro atoms. The molecule has 5 nitrogen and oxygen atoms in total. The molecule has 0 heterocycles. The van der Waals surface area contributed by atoms with E-state index in [0.717, 1.165) is 16.4 Å². The van der Waals surface area contributed by atoms with Gasteiger partial charge in [0.15, 0.2) is 0 Å². The number of halogens is 3. The number of hydrogen-bond donors (Lipinski definition) is 1. The van der Waals surface area contributed by atoms with Crippen molar-refractivity contribution in [3.8, 4) is 0 Å². The molecule has 0 atom stereocenters. The summed E-state index contributed by atoms with van der Waals surface area (Å²) in [7, 11) is -4.07. The minimum absolute atomic E-state index is 0.00271. The van der Waals surface area contributed by atoms with Crippen LogP contribution in [-0.2, 0) is 14.8 Å². The first-order valence-corrected chi connectivity index (χ1v) is 10.5. The number of carbonyl (C=O) groups is 1.